The molecule has 0 bridgehead atoms. The number of nitrogens with one attached hydrogen (secondary N) is 1. The molecule has 1 amide bonds. The third kappa shape index (κ3) is 2.78. The van der Waals surface area contributed by atoms with E-state index in [9.17, 15) is 4.79 Å². The number of nitrogen functional groups attached to an aromatic ring is 1. The van der Waals surface area contributed by atoms with Gasteiger partial charge in [0.15, 0.2) is 0 Å². The number of nitrogens with two attached hydrogens (primary N) is 2. The van der Waals surface area contributed by atoms with Crippen molar-refractivity contribution < 1.29 is 4.79 Å². The number of anilines is 2. The lowest BCUT2D eigenvalue weighted by molar-refractivity contribution is 0.100. The van der Waals surface area contributed by atoms with Crippen LogP contribution in [0.25, 0.3) is 0 Å². The first kappa shape index (κ1) is 12.4. The smallest absolute Gasteiger partial charge is 0.248 e. The highest BCUT2D eigenvalue weighted by Crippen LogP contribution is 2.21. The van der Waals surface area contributed by atoms with Crippen LogP contribution in [0, 0.1) is 6.92 Å². The van der Waals surface area contributed by atoms with E-state index in [1.54, 1.807) is 29.5 Å². The van der Waals surface area contributed by atoms with Crippen molar-refractivity contribution in [1.82, 2.24) is 4.98 Å². The standard InChI is InChI=1S/C12H14N4OS/c1-7-5-16-11(18-7)6-15-10-4-8(12(14)17)2-3-9(10)13/h2-5,15H,6,13H2,1H3,(H2,14,17). The summed E-state index contributed by atoms with van der Waals surface area (Å²) in [6.07, 6.45) is 1.82. The highest BCUT2D eigenvalue weighted by Gasteiger charge is 2.06. The Morgan fingerprint density at radius 1 is 1.50 bits per heavy atom. The van der Waals surface area contributed by atoms with E-state index in [2.05, 4.69) is 10.3 Å². The molecule has 0 spiro atoms. The van der Waals surface area contributed by atoms with Crippen LogP contribution in [0.15, 0.2) is 24.4 Å². The second kappa shape index (κ2) is 5.05. The molecule has 18 heavy (non-hydrogen) atoms. The Kier molecular flexibility index (Phi) is 3.47. The first-order valence-electron chi connectivity index (χ1n) is 5.41. The summed E-state index contributed by atoms with van der Waals surface area (Å²) >= 11 is 1.62. The molecular formula is C12H14N4OS. The molecule has 2 aromatic rings. The second-order valence-electron chi connectivity index (χ2n) is 3.88. The summed E-state index contributed by atoms with van der Waals surface area (Å²) in [6.45, 7) is 2.58. The maximum absolute atomic E-state index is 11.1. The molecule has 1 aromatic carbocycles. The van der Waals surface area contributed by atoms with Crippen molar-refractivity contribution in [2.45, 2.75) is 13.5 Å². The molecule has 0 fully saturated rings. The van der Waals surface area contributed by atoms with Gasteiger partial charge in [-0.05, 0) is 25.1 Å². The van der Waals surface area contributed by atoms with Gasteiger partial charge in [-0.15, -0.1) is 11.3 Å². The monoisotopic (exact) mass is 262 g/mol. The third-order valence-corrected chi connectivity index (χ3v) is 3.35. The number of rotatable bonds is 4. The Morgan fingerprint density at radius 3 is 2.89 bits per heavy atom. The molecule has 0 unspecified atom stereocenters. The van der Waals surface area contributed by atoms with Gasteiger partial charge >= 0.3 is 0 Å². The lowest BCUT2D eigenvalue weighted by atomic mass is 10.1. The summed E-state index contributed by atoms with van der Waals surface area (Å²) in [4.78, 5) is 16.5. The second-order valence-corrected chi connectivity index (χ2v) is 5.20. The number of aryl methyl sites for hydroxylation is 1. The molecule has 0 aliphatic carbocycles. The number of amides is 1. The summed E-state index contributed by atoms with van der Waals surface area (Å²) in [5.41, 5.74) is 12.8. The summed E-state index contributed by atoms with van der Waals surface area (Å²) in [5.74, 6) is -0.469. The lowest BCUT2D eigenvalue weighted by Gasteiger charge is -2.09. The zero-order valence-electron chi connectivity index (χ0n) is 9.93. The molecule has 0 saturated heterocycles. The van der Waals surface area contributed by atoms with Crippen LogP contribution in [0.1, 0.15) is 20.2 Å². The molecule has 2 rings (SSSR count). The molecule has 0 radical (unpaired) electrons. The number of hydrogen-bond acceptors (Lipinski definition) is 5. The number of carbonyl (C=O) groups excluding carboxylic acids is 1. The first-order chi connectivity index (χ1) is 8.56. The fraction of sp³-hybridized carbons (Fsp3) is 0.167. The van der Waals surface area contributed by atoms with Crippen molar-refractivity contribution in [2.75, 3.05) is 11.1 Å². The maximum atomic E-state index is 11.1. The minimum Gasteiger partial charge on any atom is -0.397 e. The highest BCUT2D eigenvalue weighted by atomic mass is 32.1. The van der Waals surface area contributed by atoms with Crippen molar-refractivity contribution in [1.29, 1.82) is 0 Å². The van der Waals surface area contributed by atoms with Gasteiger partial charge in [0.05, 0.1) is 17.9 Å². The minimum atomic E-state index is -0.469. The molecule has 0 aliphatic rings. The van der Waals surface area contributed by atoms with E-state index in [0.29, 0.717) is 23.5 Å². The van der Waals surface area contributed by atoms with Crippen LogP contribution in [0.2, 0.25) is 0 Å². The Morgan fingerprint density at radius 2 is 2.28 bits per heavy atom. The van der Waals surface area contributed by atoms with Crippen LogP contribution in [0.3, 0.4) is 0 Å². The molecule has 1 heterocycles. The largest absolute Gasteiger partial charge is 0.397 e. The zero-order chi connectivity index (χ0) is 13.1. The van der Waals surface area contributed by atoms with E-state index >= 15 is 0 Å². The number of aromatic nitrogens is 1. The minimum absolute atomic E-state index is 0.432. The Bertz CT molecular complexity index is 579. The average Bonchev–Trinajstić information content (AvgIpc) is 2.74. The Hall–Kier alpha value is -2.08. The van der Waals surface area contributed by atoms with Crippen molar-refractivity contribution in [3.63, 3.8) is 0 Å². The Labute approximate surface area is 109 Å². The van der Waals surface area contributed by atoms with Gasteiger partial charge in [-0.1, -0.05) is 0 Å². The van der Waals surface area contributed by atoms with Crippen LogP contribution in [0.4, 0.5) is 11.4 Å². The van der Waals surface area contributed by atoms with Crippen LogP contribution < -0.4 is 16.8 Å². The number of nitrogens with zero attached hydrogens (tertiary/aromatic N) is 1. The molecule has 0 saturated carbocycles. The topological polar surface area (TPSA) is 94.0 Å². The maximum Gasteiger partial charge on any atom is 0.248 e. The SMILES string of the molecule is Cc1cnc(CNc2cc(C(N)=O)ccc2N)s1. The van der Waals surface area contributed by atoms with Gasteiger partial charge < -0.3 is 16.8 Å². The Balaban J connectivity index is 2.13. The molecule has 1 aromatic heterocycles. The number of benzene rings is 1. The summed E-state index contributed by atoms with van der Waals surface area (Å²) < 4.78 is 0. The number of thiazole rings is 1. The van der Waals surface area contributed by atoms with Gasteiger partial charge in [-0.3, -0.25) is 4.79 Å². The molecule has 0 aliphatic heterocycles. The van der Waals surface area contributed by atoms with E-state index in [0.717, 1.165) is 9.88 Å². The van der Waals surface area contributed by atoms with Crippen molar-refractivity contribution in [3.8, 4) is 0 Å². The molecular weight excluding hydrogens is 248 g/mol. The van der Waals surface area contributed by atoms with Gasteiger partial charge in [0.25, 0.3) is 0 Å². The number of hydrogen-bond donors (Lipinski definition) is 3. The summed E-state index contributed by atoms with van der Waals surface area (Å²) in [6, 6.07) is 4.92. The van der Waals surface area contributed by atoms with Crippen LogP contribution in [-0.2, 0) is 6.54 Å². The van der Waals surface area contributed by atoms with E-state index in [1.165, 1.54) is 0 Å². The fourth-order valence-electron chi connectivity index (χ4n) is 1.52. The number of primary amides is 1. The van der Waals surface area contributed by atoms with Crippen molar-refractivity contribution >= 4 is 28.6 Å². The van der Waals surface area contributed by atoms with Gasteiger partial charge in [0.1, 0.15) is 5.01 Å². The van der Waals surface area contributed by atoms with Crippen molar-refractivity contribution in [3.05, 3.63) is 39.8 Å². The molecule has 0 atom stereocenters. The number of carbonyl (C=O) groups is 1. The lowest BCUT2D eigenvalue weighted by Crippen LogP contribution is -2.12. The highest BCUT2D eigenvalue weighted by molar-refractivity contribution is 7.11. The predicted molar refractivity (Wildman–Crippen MR) is 73.6 cm³/mol. The van der Waals surface area contributed by atoms with E-state index in [-0.39, 0.29) is 0 Å². The first-order valence-corrected chi connectivity index (χ1v) is 6.22. The molecule has 94 valence electrons. The van der Waals surface area contributed by atoms with Gasteiger partial charge in [-0.2, -0.15) is 0 Å². The van der Waals surface area contributed by atoms with Crippen LogP contribution in [-0.4, -0.2) is 10.9 Å². The molecule has 5 nitrogen and oxygen atoms in total. The van der Waals surface area contributed by atoms with E-state index in [4.69, 9.17) is 11.5 Å². The van der Waals surface area contributed by atoms with Gasteiger partial charge in [-0.25, -0.2) is 4.98 Å². The normalized spacial score (nSPS) is 10.3. The average molecular weight is 262 g/mol. The quantitative estimate of drug-likeness (QED) is 0.731. The molecule has 6 heteroatoms. The molecule has 5 N–H and O–H groups in total. The summed E-state index contributed by atoms with van der Waals surface area (Å²) in [5, 5.41) is 4.12. The van der Waals surface area contributed by atoms with E-state index < -0.39 is 5.91 Å². The zero-order valence-corrected chi connectivity index (χ0v) is 10.8. The third-order valence-electron chi connectivity index (χ3n) is 2.44. The predicted octanol–water partition coefficient (Wildman–Crippen LogP) is 1.74. The summed E-state index contributed by atoms with van der Waals surface area (Å²) in [7, 11) is 0. The fourth-order valence-corrected chi connectivity index (χ4v) is 2.24. The van der Waals surface area contributed by atoms with Gasteiger partial charge in [0, 0.05) is 16.6 Å². The van der Waals surface area contributed by atoms with Crippen LogP contribution >= 0.6 is 11.3 Å². The van der Waals surface area contributed by atoms with E-state index in [1.807, 2.05) is 13.1 Å². The van der Waals surface area contributed by atoms with Gasteiger partial charge in [0.2, 0.25) is 5.91 Å². The van der Waals surface area contributed by atoms with Crippen molar-refractivity contribution in [2.24, 2.45) is 5.73 Å². The van der Waals surface area contributed by atoms with Crippen LogP contribution in [0.5, 0.6) is 0 Å².